The van der Waals surface area contributed by atoms with Gasteiger partial charge >= 0.3 is 0 Å². The Bertz CT molecular complexity index is 1300. The van der Waals surface area contributed by atoms with Crippen LogP contribution in [0.25, 0.3) is 10.9 Å². The summed E-state index contributed by atoms with van der Waals surface area (Å²) in [4.78, 5) is 44.0. The van der Waals surface area contributed by atoms with Crippen molar-refractivity contribution >= 4 is 45.9 Å². The standard InChI is InChI=1S/C27H28ClN5O3/c1-16(2)10-24(32-26(35)23-12-17-6-3-4-9-22(17)31-23)27(36)33-15-18(11-21(33)14-29)25(34)30-20-8-5-7-19(28)13-20/h3-9,12-13,16,18,21,24,31H,10-11,15H2,1-2H3,(H,30,34)(H,32,35). The molecule has 0 radical (unpaired) electrons. The molecule has 0 spiro atoms. The molecule has 1 aliphatic rings. The number of aromatic nitrogens is 1. The van der Waals surface area contributed by atoms with Crippen molar-refractivity contribution < 1.29 is 14.4 Å². The topological polar surface area (TPSA) is 118 Å². The van der Waals surface area contributed by atoms with Gasteiger partial charge in [-0.1, -0.05) is 49.7 Å². The summed E-state index contributed by atoms with van der Waals surface area (Å²) in [5, 5.41) is 16.8. The zero-order valence-corrected chi connectivity index (χ0v) is 20.9. The molecule has 0 bridgehead atoms. The number of nitrogens with zero attached hydrogens (tertiary/aromatic N) is 2. The number of rotatable bonds is 7. The lowest BCUT2D eigenvalue weighted by molar-refractivity contribution is -0.133. The second-order valence-corrected chi connectivity index (χ2v) is 9.93. The predicted molar refractivity (Wildman–Crippen MR) is 138 cm³/mol. The Hall–Kier alpha value is -3.83. The lowest BCUT2D eigenvalue weighted by atomic mass is 10.0. The Balaban J connectivity index is 1.48. The molecule has 1 aliphatic heterocycles. The van der Waals surface area contributed by atoms with E-state index in [9.17, 15) is 19.6 Å². The number of H-pyrrole nitrogens is 1. The summed E-state index contributed by atoms with van der Waals surface area (Å²) in [5.41, 5.74) is 1.73. The molecule has 1 aromatic heterocycles. The molecule has 4 rings (SSSR count). The van der Waals surface area contributed by atoms with Gasteiger partial charge in [-0.2, -0.15) is 5.26 Å². The molecule has 2 heterocycles. The van der Waals surface area contributed by atoms with Gasteiger partial charge in [0.2, 0.25) is 11.8 Å². The Labute approximate surface area is 214 Å². The van der Waals surface area contributed by atoms with E-state index in [1.165, 1.54) is 4.90 Å². The maximum absolute atomic E-state index is 13.6. The van der Waals surface area contributed by atoms with Crippen LogP contribution in [0.4, 0.5) is 5.69 Å². The molecule has 0 aliphatic carbocycles. The van der Waals surface area contributed by atoms with Crippen LogP contribution in [0.2, 0.25) is 5.02 Å². The maximum Gasteiger partial charge on any atom is 0.268 e. The van der Waals surface area contributed by atoms with Crippen LogP contribution in [0.3, 0.4) is 0 Å². The van der Waals surface area contributed by atoms with Crippen molar-refractivity contribution in [3.63, 3.8) is 0 Å². The first-order chi connectivity index (χ1) is 17.2. The Morgan fingerprint density at radius 1 is 1.17 bits per heavy atom. The van der Waals surface area contributed by atoms with Crippen LogP contribution < -0.4 is 10.6 Å². The van der Waals surface area contributed by atoms with Gasteiger partial charge in [-0.15, -0.1) is 0 Å². The molecule has 0 saturated carbocycles. The summed E-state index contributed by atoms with van der Waals surface area (Å²) in [6.07, 6.45) is 0.623. The number of hydrogen-bond donors (Lipinski definition) is 3. The summed E-state index contributed by atoms with van der Waals surface area (Å²) in [7, 11) is 0. The average molecular weight is 506 g/mol. The molecule has 3 amide bonds. The fourth-order valence-corrected chi connectivity index (χ4v) is 4.72. The molecule has 3 aromatic rings. The van der Waals surface area contributed by atoms with Gasteiger partial charge in [-0.05, 0) is 49.1 Å². The van der Waals surface area contributed by atoms with Crippen molar-refractivity contribution in [2.75, 3.05) is 11.9 Å². The van der Waals surface area contributed by atoms with E-state index in [0.717, 1.165) is 10.9 Å². The number of benzene rings is 2. The van der Waals surface area contributed by atoms with Crippen LogP contribution in [0.1, 0.15) is 37.2 Å². The van der Waals surface area contributed by atoms with Crippen LogP contribution in [-0.4, -0.2) is 46.2 Å². The van der Waals surface area contributed by atoms with Gasteiger partial charge in [0.15, 0.2) is 0 Å². The number of carbonyl (C=O) groups is 3. The maximum atomic E-state index is 13.6. The SMILES string of the molecule is CC(C)CC(NC(=O)c1cc2ccccc2[nH]1)C(=O)N1CC(C(=O)Nc2cccc(Cl)c2)CC1C#N. The van der Waals surface area contributed by atoms with Gasteiger partial charge in [0, 0.05) is 28.2 Å². The van der Waals surface area contributed by atoms with E-state index < -0.39 is 23.9 Å². The second kappa shape index (κ2) is 10.8. The minimum Gasteiger partial charge on any atom is -0.351 e. The highest BCUT2D eigenvalue weighted by Gasteiger charge is 2.41. The van der Waals surface area contributed by atoms with E-state index in [4.69, 9.17) is 11.6 Å². The van der Waals surface area contributed by atoms with Crippen molar-refractivity contribution in [2.24, 2.45) is 11.8 Å². The van der Waals surface area contributed by atoms with Crippen LogP contribution in [-0.2, 0) is 9.59 Å². The molecule has 1 fully saturated rings. The molecular weight excluding hydrogens is 478 g/mol. The number of likely N-dealkylation sites (tertiary alicyclic amines) is 1. The Morgan fingerprint density at radius 2 is 1.94 bits per heavy atom. The monoisotopic (exact) mass is 505 g/mol. The van der Waals surface area contributed by atoms with E-state index >= 15 is 0 Å². The minimum atomic E-state index is -0.825. The fourth-order valence-electron chi connectivity index (χ4n) is 4.53. The molecule has 3 atom stereocenters. The van der Waals surface area contributed by atoms with Crippen molar-refractivity contribution in [3.05, 3.63) is 65.3 Å². The third-order valence-electron chi connectivity index (χ3n) is 6.28. The quantitative estimate of drug-likeness (QED) is 0.442. The van der Waals surface area contributed by atoms with Gasteiger partial charge in [0.1, 0.15) is 17.8 Å². The van der Waals surface area contributed by atoms with Gasteiger partial charge in [0.05, 0.1) is 12.0 Å². The zero-order chi connectivity index (χ0) is 25.8. The first-order valence-electron chi connectivity index (χ1n) is 11.9. The van der Waals surface area contributed by atoms with E-state index in [1.807, 2.05) is 38.1 Å². The smallest absolute Gasteiger partial charge is 0.268 e. The number of anilines is 1. The van der Waals surface area contributed by atoms with Crippen molar-refractivity contribution in [3.8, 4) is 6.07 Å². The molecule has 186 valence electrons. The van der Waals surface area contributed by atoms with Crippen molar-refractivity contribution in [1.82, 2.24) is 15.2 Å². The molecule has 8 nitrogen and oxygen atoms in total. The number of hydrogen-bond acceptors (Lipinski definition) is 4. The number of nitrogens with one attached hydrogen (secondary N) is 3. The van der Waals surface area contributed by atoms with Crippen LogP contribution in [0.15, 0.2) is 54.6 Å². The third-order valence-corrected chi connectivity index (χ3v) is 6.52. The zero-order valence-electron chi connectivity index (χ0n) is 20.1. The van der Waals surface area contributed by atoms with E-state index in [2.05, 4.69) is 21.7 Å². The Kier molecular flexibility index (Phi) is 7.61. The van der Waals surface area contributed by atoms with Gasteiger partial charge in [0.25, 0.3) is 5.91 Å². The van der Waals surface area contributed by atoms with Gasteiger partial charge in [-0.25, -0.2) is 0 Å². The first kappa shape index (κ1) is 25.3. The largest absolute Gasteiger partial charge is 0.351 e. The number of fused-ring (bicyclic) bond motifs is 1. The number of amides is 3. The lowest BCUT2D eigenvalue weighted by Crippen LogP contribution is -2.50. The first-order valence-corrected chi connectivity index (χ1v) is 12.3. The van der Waals surface area contributed by atoms with Crippen LogP contribution >= 0.6 is 11.6 Å². The number of halogens is 1. The highest BCUT2D eigenvalue weighted by Crippen LogP contribution is 2.27. The lowest BCUT2D eigenvalue weighted by Gasteiger charge is -2.27. The minimum absolute atomic E-state index is 0.0975. The van der Waals surface area contributed by atoms with Crippen molar-refractivity contribution in [2.45, 2.75) is 38.8 Å². The number of carbonyl (C=O) groups excluding carboxylic acids is 3. The Morgan fingerprint density at radius 3 is 2.64 bits per heavy atom. The average Bonchev–Trinajstić information content (AvgIpc) is 3.47. The summed E-state index contributed by atoms with van der Waals surface area (Å²) in [5.74, 6) is -1.48. The molecular formula is C27H28ClN5O3. The third kappa shape index (κ3) is 5.69. The summed E-state index contributed by atoms with van der Waals surface area (Å²) in [6.45, 7) is 4.02. The number of para-hydroxylation sites is 1. The number of aromatic amines is 1. The van der Waals surface area contributed by atoms with E-state index in [1.54, 1.807) is 30.3 Å². The summed E-state index contributed by atoms with van der Waals surface area (Å²) >= 11 is 6.00. The normalized spacial score (nSPS) is 18.1. The summed E-state index contributed by atoms with van der Waals surface area (Å²) < 4.78 is 0. The number of nitriles is 1. The molecule has 3 N–H and O–H groups in total. The van der Waals surface area contributed by atoms with E-state index in [-0.39, 0.29) is 30.7 Å². The summed E-state index contributed by atoms with van der Waals surface area (Å²) in [6, 6.07) is 16.6. The predicted octanol–water partition coefficient (Wildman–Crippen LogP) is 4.35. The second-order valence-electron chi connectivity index (χ2n) is 9.49. The molecule has 2 aromatic carbocycles. The molecule has 36 heavy (non-hydrogen) atoms. The highest BCUT2D eigenvalue weighted by molar-refractivity contribution is 6.30. The fraction of sp³-hybridized carbons (Fsp3) is 0.333. The van der Waals surface area contributed by atoms with Crippen LogP contribution in [0.5, 0.6) is 0 Å². The molecule has 1 saturated heterocycles. The highest BCUT2D eigenvalue weighted by atomic mass is 35.5. The molecule has 3 unspecified atom stereocenters. The van der Waals surface area contributed by atoms with Crippen LogP contribution in [0, 0.1) is 23.2 Å². The van der Waals surface area contributed by atoms with Gasteiger partial charge in [-0.3, -0.25) is 14.4 Å². The van der Waals surface area contributed by atoms with Gasteiger partial charge < -0.3 is 20.5 Å². The molecule has 9 heteroatoms. The van der Waals surface area contributed by atoms with E-state index in [0.29, 0.717) is 22.8 Å². The van der Waals surface area contributed by atoms with Crippen molar-refractivity contribution in [1.29, 1.82) is 5.26 Å².